The van der Waals surface area contributed by atoms with E-state index >= 15 is 0 Å². The number of carbonyl (C=O) groups is 1. The van der Waals surface area contributed by atoms with Crippen molar-refractivity contribution in [2.75, 3.05) is 7.11 Å². The number of Topliss-reactive ketones (excluding diaryl/α,β-unsaturated/α-hetero) is 1. The Morgan fingerprint density at radius 1 is 1.26 bits per heavy atom. The zero-order valence-electron chi connectivity index (χ0n) is 11.4. The van der Waals surface area contributed by atoms with E-state index in [0.29, 0.717) is 17.9 Å². The molecule has 0 atom stereocenters. The van der Waals surface area contributed by atoms with Crippen molar-refractivity contribution in [1.29, 1.82) is 0 Å². The predicted molar refractivity (Wildman–Crippen MR) is 74.7 cm³/mol. The Kier molecular flexibility index (Phi) is 3.95. The van der Waals surface area contributed by atoms with E-state index < -0.39 is 0 Å². The molecule has 3 nitrogen and oxygen atoms in total. The molecule has 0 fully saturated rings. The second kappa shape index (κ2) is 5.65. The van der Waals surface area contributed by atoms with Crippen molar-refractivity contribution in [3.63, 3.8) is 0 Å². The fourth-order valence-corrected chi connectivity index (χ4v) is 2.01. The van der Waals surface area contributed by atoms with Gasteiger partial charge in [-0.15, -0.1) is 0 Å². The summed E-state index contributed by atoms with van der Waals surface area (Å²) in [6.45, 7) is 4.03. The molecule has 0 N–H and O–H groups in total. The average molecular weight is 255 g/mol. The largest absolute Gasteiger partial charge is 0.494 e. The summed E-state index contributed by atoms with van der Waals surface area (Å²) in [6, 6.07) is 9.64. The van der Waals surface area contributed by atoms with Gasteiger partial charge in [0.15, 0.2) is 5.78 Å². The van der Waals surface area contributed by atoms with Crippen LogP contribution in [0.1, 0.15) is 27.2 Å². The van der Waals surface area contributed by atoms with Crippen LogP contribution < -0.4 is 4.74 Å². The van der Waals surface area contributed by atoms with E-state index in [1.165, 1.54) is 0 Å². The summed E-state index contributed by atoms with van der Waals surface area (Å²) >= 11 is 0. The third kappa shape index (κ3) is 2.99. The van der Waals surface area contributed by atoms with Gasteiger partial charge in [-0.3, -0.25) is 4.79 Å². The van der Waals surface area contributed by atoms with Gasteiger partial charge in [0.05, 0.1) is 7.11 Å². The number of benzene rings is 1. The van der Waals surface area contributed by atoms with Gasteiger partial charge >= 0.3 is 0 Å². The van der Waals surface area contributed by atoms with Gasteiger partial charge < -0.3 is 4.74 Å². The summed E-state index contributed by atoms with van der Waals surface area (Å²) in [5.74, 6) is 0.504. The van der Waals surface area contributed by atoms with Gasteiger partial charge in [0.2, 0.25) is 0 Å². The number of ketones is 1. The Labute approximate surface area is 113 Å². The molecule has 19 heavy (non-hydrogen) atoms. The van der Waals surface area contributed by atoms with Crippen molar-refractivity contribution in [2.45, 2.75) is 20.3 Å². The van der Waals surface area contributed by atoms with Crippen LogP contribution in [-0.4, -0.2) is 17.9 Å². The number of nitrogens with zero attached hydrogens (tertiary/aromatic N) is 1. The Morgan fingerprint density at radius 3 is 2.79 bits per heavy atom. The van der Waals surface area contributed by atoms with Crippen LogP contribution in [-0.2, 0) is 6.42 Å². The molecule has 0 spiro atoms. The third-order valence-electron chi connectivity index (χ3n) is 3.11. The van der Waals surface area contributed by atoms with Crippen LogP contribution in [0.3, 0.4) is 0 Å². The van der Waals surface area contributed by atoms with Gasteiger partial charge in [-0.2, -0.15) is 0 Å². The number of carbonyl (C=O) groups excluding carboxylic acids is 1. The summed E-state index contributed by atoms with van der Waals surface area (Å²) in [6.07, 6.45) is 1.96. The van der Waals surface area contributed by atoms with Crippen LogP contribution in [0.5, 0.6) is 5.75 Å². The van der Waals surface area contributed by atoms with E-state index in [4.69, 9.17) is 4.74 Å². The van der Waals surface area contributed by atoms with E-state index in [1.54, 1.807) is 25.4 Å². The first-order chi connectivity index (χ1) is 9.11. The summed E-state index contributed by atoms with van der Waals surface area (Å²) in [5, 5.41) is 0. The number of rotatable bonds is 4. The molecular weight excluding hydrogens is 238 g/mol. The van der Waals surface area contributed by atoms with Gasteiger partial charge in [-0.05, 0) is 37.1 Å². The average Bonchev–Trinajstić information content (AvgIpc) is 2.42. The Bertz CT molecular complexity index is 605. The van der Waals surface area contributed by atoms with E-state index in [-0.39, 0.29) is 5.78 Å². The maximum absolute atomic E-state index is 12.3. The molecule has 2 aromatic rings. The van der Waals surface area contributed by atoms with E-state index in [1.807, 2.05) is 32.0 Å². The Morgan fingerprint density at radius 2 is 2.05 bits per heavy atom. The monoisotopic (exact) mass is 255 g/mol. The van der Waals surface area contributed by atoms with Gasteiger partial charge in [0, 0.05) is 12.6 Å². The SMILES string of the molecule is COc1cccnc1C(=O)Cc1cc(C)ccc1C. The molecule has 2 rings (SSSR count). The molecule has 3 heteroatoms. The normalized spacial score (nSPS) is 10.3. The molecule has 0 saturated heterocycles. The summed E-state index contributed by atoms with van der Waals surface area (Å²) in [5.41, 5.74) is 3.71. The fourth-order valence-electron chi connectivity index (χ4n) is 2.01. The molecule has 0 saturated carbocycles. The summed E-state index contributed by atoms with van der Waals surface area (Å²) < 4.78 is 5.17. The summed E-state index contributed by atoms with van der Waals surface area (Å²) in [4.78, 5) is 16.4. The molecular formula is C16H17NO2. The minimum Gasteiger partial charge on any atom is -0.494 e. The lowest BCUT2D eigenvalue weighted by atomic mass is 9.99. The molecule has 0 aliphatic rings. The van der Waals surface area contributed by atoms with Crippen molar-refractivity contribution in [3.8, 4) is 5.75 Å². The molecule has 1 heterocycles. The number of aromatic nitrogens is 1. The van der Waals surface area contributed by atoms with Gasteiger partial charge in [0.1, 0.15) is 11.4 Å². The van der Waals surface area contributed by atoms with Gasteiger partial charge in [0.25, 0.3) is 0 Å². The van der Waals surface area contributed by atoms with Crippen molar-refractivity contribution >= 4 is 5.78 Å². The number of aryl methyl sites for hydroxylation is 2. The first-order valence-corrected chi connectivity index (χ1v) is 6.20. The van der Waals surface area contributed by atoms with E-state index in [9.17, 15) is 4.79 Å². The number of hydrogen-bond donors (Lipinski definition) is 0. The minimum atomic E-state index is -0.0221. The lowest BCUT2D eigenvalue weighted by molar-refractivity contribution is 0.0985. The molecule has 1 aromatic heterocycles. The number of hydrogen-bond acceptors (Lipinski definition) is 3. The first kappa shape index (κ1) is 13.3. The third-order valence-corrected chi connectivity index (χ3v) is 3.11. The molecule has 0 amide bonds. The van der Waals surface area contributed by atoms with Crippen LogP contribution in [0, 0.1) is 13.8 Å². The van der Waals surface area contributed by atoms with Gasteiger partial charge in [-0.1, -0.05) is 23.8 Å². The zero-order valence-corrected chi connectivity index (χ0v) is 11.4. The zero-order chi connectivity index (χ0) is 13.8. The predicted octanol–water partition coefficient (Wildman–Crippen LogP) is 3.13. The molecule has 0 radical (unpaired) electrons. The van der Waals surface area contributed by atoms with Crippen molar-refractivity contribution in [1.82, 2.24) is 4.98 Å². The lowest BCUT2D eigenvalue weighted by Gasteiger charge is -2.08. The van der Waals surface area contributed by atoms with Crippen LogP contribution in [0.25, 0.3) is 0 Å². The minimum absolute atomic E-state index is 0.0221. The second-order valence-electron chi connectivity index (χ2n) is 4.58. The van der Waals surface area contributed by atoms with Crippen LogP contribution in [0.15, 0.2) is 36.5 Å². The highest BCUT2D eigenvalue weighted by molar-refractivity contribution is 5.98. The number of pyridine rings is 1. The molecule has 0 bridgehead atoms. The van der Waals surface area contributed by atoms with Crippen LogP contribution in [0.4, 0.5) is 0 Å². The second-order valence-corrected chi connectivity index (χ2v) is 4.58. The molecule has 1 aromatic carbocycles. The Hall–Kier alpha value is -2.16. The lowest BCUT2D eigenvalue weighted by Crippen LogP contribution is -2.09. The van der Waals surface area contributed by atoms with Crippen LogP contribution >= 0.6 is 0 Å². The highest BCUT2D eigenvalue weighted by Crippen LogP contribution is 2.19. The first-order valence-electron chi connectivity index (χ1n) is 6.20. The maximum atomic E-state index is 12.3. The van der Waals surface area contributed by atoms with Gasteiger partial charge in [-0.25, -0.2) is 4.98 Å². The van der Waals surface area contributed by atoms with Crippen molar-refractivity contribution in [2.24, 2.45) is 0 Å². The van der Waals surface area contributed by atoms with E-state index in [2.05, 4.69) is 4.98 Å². The Balaban J connectivity index is 2.28. The molecule has 98 valence electrons. The topological polar surface area (TPSA) is 39.2 Å². The smallest absolute Gasteiger partial charge is 0.189 e. The summed E-state index contributed by atoms with van der Waals surface area (Å²) in [7, 11) is 1.55. The highest BCUT2D eigenvalue weighted by Gasteiger charge is 2.14. The van der Waals surface area contributed by atoms with Crippen molar-refractivity contribution in [3.05, 3.63) is 58.9 Å². The van der Waals surface area contributed by atoms with Crippen LogP contribution in [0.2, 0.25) is 0 Å². The standard InChI is InChI=1S/C16H17NO2/c1-11-6-7-12(2)13(9-11)10-14(18)16-15(19-3)5-4-8-17-16/h4-9H,10H2,1-3H3. The highest BCUT2D eigenvalue weighted by atomic mass is 16.5. The molecule has 0 unspecified atom stereocenters. The quantitative estimate of drug-likeness (QED) is 0.788. The van der Waals surface area contributed by atoms with Crippen molar-refractivity contribution < 1.29 is 9.53 Å². The molecule has 0 aliphatic heterocycles. The fraction of sp³-hybridized carbons (Fsp3) is 0.250. The van der Waals surface area contributed by atoms with E-state index in [0.717, 1.165) is 16.7 Å². The number of ether oxygens (including phenoxy) is 1. The molecule has 0 aliphatic carbocycles. The number of methoxy groups -OCH3 is 1. The maximum Gasteiger partial charge on any atom is 0.189 e.